The molecule has 0 aromatic heterocycles. The Morgan fingerprint density at radius 1 is 1.71 bits per heavy atom. The summed E-state index contributed by atoms with van der Waals surface area (Å²) in [4.78, 5) is 0. The van der Waals surface area contributed by atoms with E-state index in [9.17, 15) is 0 Å². The fourth-order valence-corrected chi connectivity index (χ4v) is 0.238. The van der Waals surface area contributed by atoms with Crippen LogP contribution in [-0.2, 0) is 0 Å². The summed E-state index contributed by atoms with van der Waals surface area (Å²) in [5.41, 5.74) is 0.375. The van der Waals surface area contributed by atoms with Crippen LogP contribution in [0.3, 0.4) is 0 Å². The Balaban J connectivity index is 3.00. The first kappa shape index (κ1) is 3.89. The van der Waals surface area contributed by atoms with Gasteiger partial charge in [0.2, 0.25) is 0 Å². The van der Waals surface area contributed by atoms with Gasteiger partial charge in [0.1, 0.15) is 0 Å². The molecule has 1 aliphatic rings. The SMILES string of the molecule is N=C=C1C=NN=N1. The molecule has 34 valence electrons. The molecular weight excluding hydrogens is 92.1 g/mol. The first-order valence-electron chi connectivity index (χ1n) is 1.67. The third-order valence-electron chi connectivity index (χ3n) is 0.512. The first-order chi connectivity index (χ1) is 3.43. The number of hydrogen-bond donors (Lipinski definition) is 1. The van der Waals surface area contributed by atoms with Gasteiger partial charge in [-0.25, -0.2) is 0 Å². The molecule has 0 aliphatic carbocycles. The van der Waals surface area contributed by atoms with E-state index in [0.29, 0.717) is 5.70 Å². The smallest absolute Gasteiger partial charge is 0.168 e. The molecule has 0 aromatic rings. The number of nitrogens with zero attached hydrogens (tertiary/aromatic N) is 3. The highest BCUT2D eigenvalue weighted by molar-refractivity contribution is 5.89. The number of allylic oxidation sites excluding steroid dienone is 1. The zero-order valence-corrected chi connectivity index (χ0v) is 3.42. The maximum absolute atomic E-state index is 6.47. The van der Waals surface area contributed by atoms with Crippen LogP contribution in [0.25, 0.3) is 0 Å². The van der Waals surface area contributed by atoms with E-state index in [2.05, 4.69) is 15.4 Å². The third-order valence-corrected chi connectivity index (χ3v) is 0.512. The van der Waals surface area contributed by atoms with Gasteiger partial charge in [0, 0.05) is 5.87 Å². The minimum Gasteiger partial charge on any atom is -0.257 e. The molecule has 4 heteroatoms. The van der Waals surface area contributed by atoms with E-state index >= 15 is 0 Å². The van der Waals surface area contributed by atoms with Gasteiger partial charge in [0.15, 0.2) is 5.70 Å². The summed E-state index contributed by atoms with van der Waals surface area (Å²) >= 11 is 0. The van der Waals surface area contributed by atoms with Crippen molar-refractivity contribution >= 4 is 12.1 Å². The predicted octanol–water partition coefficient (Wildman–Crippen LogP) is 0.570. The molecule has 0 saturated carbocycles. The van der Waals surface area contributed by atoms with Crippen molar-refractivity contribution < 1.29 is 0 Å². The van der Waals surface area contributed by atoms with E-state index in [4.69, 9.17) is 5.41 Å². The molecule has 0 atom stereocenters. The summed E-state index contributed by atoms with van der Waals surface area (Å²) in [7, 11) is 0. The van der Waals surface area contributed by atoms with Gasteiger partial charge in [-0.2, -0.15) is 0 Å². The Bertz CT molecular complexity index is 157. The van der Waals surface area contributed by atoms with Crippen LogP contribution >= 0.6 is 0 Å². The highest BCUT2D eigenvalue weighted by Gasteiger charge is 1.90. The van der Waals surface area contributed by atoms with E-state index in [1.165, 1.54) is 6.21 Å². The van der Waals surface area contributed by atoms with Crippen molar-refractivity contribution in [3.05, 3.63) is 5.70 Å². The molecule has 1 aliphatic heterocycles. The molecule has 1 heterocycles. The highest BCUT2D eigenvalue weighted by Crippen LogP contribution is 1.95. The predicted molar refractivity (Wildman–Crippen MR) is 24.6 cm³/mol. The van der Waals surface area contributed by atoms with E-state index in [-0.39, 0.29) is 0 Å². The van der Waals surface area contributed by atoms with Crippen LogP contribution < -0.4 is 0 Å². The van der Waals surface area contributed by atoms with E-state index in [0.717, 1.165) is 0 Å². The topological polar surface area (TPSA) is 60.9 Å². The molecule has 0 fully saturated rings. The fraction of sp³-hybridized carbons (Fsp3) is 0. The molecule has 0 bridgehead atoms. The molecule has 1 rings (SSSR count). The summed E-state index contributed by atoms with van der Waals surface area (Å²) in [6.07, 6.45) is 1.37. The maximum atomic E-state index is 6.47. The van der Waals surface area contributed by atoms with Crippen molar-refractivity contribution in [2.24, 2.45) is 15.4 Å². The third kappa shape index (κ3) is 0.586. The van der Waals surface area contributed by atoms with Crippen LogP contribution in [0.5, 0.6) is 0 Å². The van der Waals surface area contributed by atoms with E-state index in [1.54, 1.807) is 0 Å². The minimum atomic E-state index is 0.375. The van der Waals surface area contributed by atoms with Gasteiger partial charge in [-0.05, 0) is 5.22 Å². The molecule has 0 saturated heterocycles. The molecule has 0 radical (unpaired) electrons. The van der Waals surface area contributed by atoms with Crippen LogP contribution in [-0.4, -0.2) is 12.1 Å². The second kappa shape index (κ2) is 1.45. The van der Waals surface area contributed by atoms with Crippen LogP contribution in [0.1, 0.15) is 0 Å². The van der Waals surface area contributed by atoms with Gasteiger partial charge < -0.3 is 0 Å². The minimum absolute atomic E-state index is 0.375. The van der Waals surface area contributed by atoms with Crippen molar-refractivity contribution in [2.75, 3.05) is 0 Å². The van der Waals surface area contributed by atoms with Gasteiger partial charge in [0.05, 0.1) is 6.21 Å². The van der Waals surface area contributed by atoms with Crippen LogP contribution in [0.15, 0.2) is 21.1 Å². The van der Waals surface area contributed by atoms with Gasteiger partial charge in [-0.15, -0.1) is 10.2 Å². The van der Waals surface area contributed by atoms with Crippen LogP contribution in [0.2, 0.25) is 0 Å². The molecule has 1 N–H and O–H groups in total. The lowest BCUT2D eigenvalue weighted by Crippen LogP contribution is -1.69. The lowest BCUT2D eigenvalue weighted by molar-refractivity contribution is 1.10. The Morgan fingerprint density at radius 3 is 2.86 bits per heavy atom. The van der Waals surface area contributed by atoms with Crippen molar-refractivity contribution in [2.45, 2.75) is 0 Å². The zero-order valence-electron chi connectivity index (χ0n) is 3.42. The second-order valence-corrected chi connectivity index (χ2v) is 0.944. The zero-order chi connectivity index (χ0) is 5.11. The molecule has 0 aromatic carbocycles. The molecule has 0 amide bonds. The monoisotopic (exact) mass is 94.0 g/mol. The Hall–Kier alpha value is -1.28. The number of hydrogen-bond acceptors (Lipinski definition) is 4. The summed E-state index contributed by atoms with van der Waals surface area (Å²) < 4.78 is 0. The molecule has 4 nitrogen and oxygen atoms in total. The molecule has 0 spiro atoms. The standard InChI is InChI=1S/C3H2N4/c4-1-3-2-5-7-6-3/h2,4H. The van der Waals surface area contributed by atoms with Gasteiger partial charge in [-0.1, -0.05) is 0 Å². The summed E-state index contributed by atoms with van der Waals surface area (Å²) in [6.45, 7) is 0. The van der Waals surface area contributed by atoms with Crippen LogP contribution in [0.4, 0.5) is 0 Å². The normalized spacial score (nSPS) is 15.1. The Morgan fingerprint density at radius 2 is 2.57 bits per heavy atom. The average Bonchev–Trinajstić information content (AvgIpc) is 2.14. The van der Waals surface area contributed by atoms with Crippen molar-refractivity contribution in [3.63, 3.8) is 0 Å². The van der Waals surface area contributed by atoms with Gasteiger partial charge in [0.25, 0.3) is 0 Å². The fourth-order valence-electron chi connectivity index (χ4n) is 0.238. The largest absolute Gasteiger partial charge is 0.257 e. The second-order valence-electron chi connectivity index (χ2n) is 0.944. The number of nitrogens with one attached hydrogen (secondary N) is 1. The molecule has 0 unspecified atom stereocenters. The summed E-state index contributed by atoms with van der Waals surface area (Å²) in [5, 5.41) is 16.4. The van der Waals surface area contributed by atoms with Crippen molar-refractivity contribution in [1.29, 1.82) is 5.41 Å². The van der Waals surface area contributed by atoms with Crippen molar-refractivity contribution in [3.8, 4) is 0 Å². The number of rotatable bonds is 0. The molecular formula is C3H2N4. The quantitative estimate of drug-likeness (QED) is 0.426. The molecule has 7 heavy (non-hydrogen) atoms. The Labute approximate surface area is 39.8 Å². The van der Waals surface area contributed by atoms with E-state index in [1.807, 2.05) is 5.87 Å². The first-order valence-corrected chi connectivity index (χ1v) is 1.67. The lowest BCUT2D eigenvalue weighted by atomic mass is 10.6. The van der Waals surface area contributed by atoms with Crippen LogP contribution in [0, 0.1) is 5.41 Å². The summed E-state index contributed by atoms with van der Waals surface area (Å²) in [6, 6.07) is 0. The lowest BCUT2D eigenvalue weighted by Gasteiger charge is -1.64. The average molecular weight is 94.1 g/mol. The highest BCUT2D eigenvalue weighted by atomic mass is 15.4. The maximum Gasteiger partial charge on any atom is 0.168 e. The van der Waals surface area contributed by atoms with Gasteiger partial charge in [-0.3, -0.25) is 5.41 Å². The summed E-state index contributed by atoms with van der Waals surface area (Å²) in [5.74, 6) is 2.02. The van der Waals surface area contributed by atoms with E-state index < -0.39 is 0 Å². The Kier molecular flexibility index (Phi) is 0.805. The van der Waals surface area contributed by atoms with Crippen molar-refractivity contribution in [1.82, 2.24) is 0 Å². The van der Waals surface area contributed by atoms with Gasteiger partial charge >= 0.3 is 0 Å².